The summed E-state index contributed by atoms with van der Waals surface area (Å²) in [5, 5.41) is 3.55. The van der Waals surface area contributed by atoms with Gasteiger partial charge in [0.25, 0.3) is 0 Å². The molecule has 1 aromatic heterocycles. The van der Waals surface area contributed by atoms with Crippen molar-refractivity contribution in [3.05, 3.63) is 133 Å². The first-order valence-electron chi connectivity index (χ1n) is 11.6. The smallest absolute Gasteiger partial charge is 0.129 e. The number of aromatic nitrogens is 1. The molecule has 0 N–H and O–H groups in total. The van der Waals surface area contributed by atoms with Crippen molar-refractivity contribution in [3.8, 4) is 28.1 Å². The molecule has 0 amide bonds. The summed E-state index contributed by atoms with van der Waals surface area (Å²) in [4.78, 5) is 5.03. The zero-order valence-corrected chi connectivity index (χ0v) is 19.0. The topological polar surface area (TPSA) is 22.1 Å². The van der Waals surface area contributed by atoms with E-state index in [4.69, 9.17) is 9.72 Å². The minimum Gasteiger partial charge on any atom is -0.489 e. The lowest BCUT2D eigenvalue weighted by atomic mass is 9.94. The second kappa shape index (κ2) is 9.03. The van der Waals surface area contributed by atoms with E-state index >= 15 is 0 Å². The molecule has 35 heavy (non-hydrogen) atoms. The van der Waals surface area contributed by atoms with E-state index in [0.29, 0.717) is 11.3 Å². The molecule has 6 rings (SSSR count). The Labute approximate surface area is 203 Å². The van der Waals surface area contributed by atoms with Gasteiger partial charge < -0.3 is 4.74 Å². The molecular weight excluding hydrogens is 433 g/mol. The first-order valence-corrected chi connectivity index (χ1v) is 11.6. The van der Waals surface area contributed by atoms with E-state index in [1.807, 2.05) is 36.4 Å². The Morgan fingerprint density at radius 3 is 2.23 bits per heavy atom. The van der Waals surface area contributed by atoms with E-state index in [-0.39, 0.29) is 12.4 Å². The van der Waals surface area contributed by atoms with Gasteiger partial charge in [-0.15, -0.1) is 0 Å². The Kier molecular flexibility index (Phi) is 5.44. The molecule has 0 bridgehead atoms. The lowest BCUT2D eigenvalue weighted by Crippen LogP contribution is -1.98. The maximum Gasteiger partial charge on any atom is 0.129 e. The predicted octanol–water partition coefficient (Wildman–Crippen LogP) is 8.44. The largest absolute Gasteiger partial charge is 0.489 e. The molecule has 5 aromatic carbocycles. The molecule has 0 aliphatic rings. The maximum atomic E-state index is 13.9. The predicted molar refractivity (Wildman–Crippen MR) is 141 cm³/mol. The molecule has 0 aliphatic carbocycles. The minimum atomic E-state index is -0.259. The Morgan fingerprint density at radius 2 is 1.40 bits per heavy atom. The van der Waals surface area contributed by atoms with Gasteiger partial charge >= 0.3 is 0 Å². The molecular formula is C32H22FNO. The van der Waals surface area contributed by atoms with Crippen LogP contribution >= 0.6 is 0 Å². The van der Waals surface area contributed by atoms with Gasteiger partial charge in [0.2, 0.25) is 0 Å². The van der Waals surface area contributed by atoms with E-state index in [1.165, 1.54) is 16.8 Å². The molecule has 0 radical (unpaired) electrons. The normalized spacial score (nSPS) is 11.1. The van der Waals surface area contributed by atoms with Crippen LogP contribution in [0.4, 0.5) is 4.39 Å². The fourth-order valence-electron chi connectivity index (χ4n) is 4.50. The van der Waals surface area contributed by atoms with Crippen molar-refractivity contribution in [2.24, 2.45) is 0 Å². The van der Waals surface area contributed by atoms with Crippen molar-refractivity contribution >= 4 is 21.7 Å². The van der Waals surface area contributed by atoms with Gasteiger partial charge in [0.15, 0.2) is 0 Å². The minimum absolute atomic E-state index is 0.186. The van der Waals surface area contributed by atoms with Crippen LogP contribution in [0.25, 0.3) is 44.1 Å². The molecule has 0 spiro atoms. The van der Waals surface area contributed by atoms with Gasteiger partial charge in [0.05, 0.1) is 11.2 Å². The molecule has 0 unspecified atom stereocenters. The number of rotatable bonds is 5. The van der Waals surface area contributed by atoms with Gasteiger partial charge in [-0.2, -0.15) is 0 Å². The number of pyridine rings is 1. The van der Waals surface area contributed by atoms with Crippen molar-refractivity contribution < 1.29 is 9.13 Å². The highest BCUT2D eigenvalue weighted by molar-refractivity contribution is 6.13. The Hall–Kier alpha value is -4.50. The van der Waals surface area contributed by atoms with E-state index in [0.717, 1.165) is 33.3 Å². The summed E-state index contributed by atoms with van der Waals surface area (Å²) < 4.78 is 19.7. The second-order valence-corrected chi connectivity index (χ2v) is 8.51. The van der Waals surface area contributed by atoms with E-state index in [9.17, 15) is 4.39 Å². The fraction of sp³-hybridized carbons (Fsp3) is 0.0312. The van der Waals surface area contributed by atoms with Crippen molar-refractivity contribution in [3.63, 3.8) is 0 Å². The number of fused-ring (bicyclic) bond motifs is 3. The summed E-state index contributed by atoms with van der Waals surface area (Å²) >= 11 is 0. The molecule has 2 nitrogen and oxygen atoms in total. The van der Waals surface area contributed by atoms with Crippen LogP contribution in [-0.2, 0) is 6.61 Å². The highest BCUT2D eigenvalue weighted by Gasteiger charge is 2.13. The van der Waals surface area contributed by atoms with Gasteiger partial charge in [0.1, 0.15) is 18.2 Å². The van der Waals surface area contributed by atoms with E-state index in [1.54, 1.807) is 12.1 Å². The van der Waals surface area contributed by atoms with Crippen LogP contribution in [0.5, 0.6) is 5.75 Å². The number of hydrogen-bond donors (Lipinski definition) is 0. The van der Waals surface area contributed by atoms with Gasteiger partial charge in [-0.3, -0.25) is 0 Å². The Balaban J connectivity index is 1.40. The molecule has 0 saturated carbocycles. The highest BCUT2D eigenvalue weighted by Crippen LogP contribution is 2.36. The van der Waals surface area contributed by atoms with Crippen molar-refractivity contribution in [2.75, 3.05) is 0 Å². The van der Waals surface area contributed by atoms with Crippen LogP contribution in [0, 0.1) is 5.82 Å². The average Bonchev–Trinajstić information content (AvgIpc) is 2.92. The number of hydrogen-bond acceptors (Lipinski definition) is 2. The van der Waals surface area contributed by atoms with Crippen molar-refractivity contribution in [2.45, 2.75) is 6.61 Å². The molecule has 0 fully saturated rings. The first kappa shape index (κ1) is 21.1. The monoisotopic (exact) mass is 455 g/mol. The third-order valence-corrected chi connectivity index (χ3v) is 6.29. The maximum absolute atomic E-state index is 13.9. The van der Waals surface area contributed by atoms with Crippen LogP contribution in [0.15, 0.2) is 121 Å². The number of nitrogens with zero attached hydrogens (tertiary/aromatic N) is 1. The van der Waals surface area contributed by atoms with Gasteiger partial charge in [-0.1, -0.05) is 78.9 Å². The van der Waals surface area contributed by atoms with Gasteiger partial charge in [-0.25, -0.2) is 9.37 Å². The molecule has 0 atom stereocenters. The van der Waals surface area contributed by atoms with Crippen LogP contribution < -0.4 is 4.74 Å². The highest BCUT2D eigenvalue weighted by atomic mass is 19.1. The van der Waals surface area contributed by atoms with Crippen LogP contribution in [-0.4, -0.2) is 4.98 Å². The molecule has 0 aliphatic heterocycles. The Bertz CT molecular complexity index is 1640. The SMILES string of the molecule is Fc1ccccc1COc1ccc(-c2cc(-c3ccccc3)c3c(ccc4ccccc43)n2)cc1. The molecule has 3 heteroatoms. The summed E-state index contributed by atoms with van der Waals surface area (Å²) in [6, 6.07) is 39.7. The zero-order valence-electron chi connectivity index (χ0n) is 19.0. The first-order chi connectivity index (χ1) is 17.3. The van der Waals surface area contributed by atoms with Crippen LogP contribution in [0.2, 0.25) is 0 Å². The lowest BCUT2D eigenvalue weighted by Gasteiger charge is -2.13. The molecule has 0 saturated heterocycles. The van der Waals surface area contributed by atoms with E-state index in [2.05, 4.69) is 66.7 Å². The van der Waals surface area contributed by atoms with Crippen LogP contribution in [0.1, 0.15) is 5.56 Å². The van der Waals surface area contributed by atoms with Gasteiger partial charge in [-0.05, 0) is 64.4 Å². The van der Waals surface area contributed by atoms with Crippen LogP contribution in [0.3, 0.4) is 0 Å². The third kappa shape index (κ3) is 4.13. The molecule has 6 aromatic rings. The average molecular weight is 456 g/mol. The number of ether oxygens (including phenoxy) is 1. The van der Waals surface area contributed by atoms with Crippen molar-refractivity contribution in [1.29, 1.82) is 0 Å². The third-order valence-electron chi connectivity index (χ3n) is 6.29. The summed E-state index contributed by atoms with van der Waals surface area (Å²) in [5.74, 6) is 0.428. The zero-order chi connectivity index (χ0) is 23.6. The Morgan fingerprint density at radius 1 is 0.657 bits per heavy atom. The summed E-state index contributed by atoms with van der Waals surface area (Å²) in [7, 11) is 0. The summed E-state index contributed by atoms with van der Waals surface area (Å²) in [6.07, 6.45) is 0. The lowest BCUT2D eigenvalue weighted by molar-refractivity contribution is 0.300. The number of halogens is 1. The second-order valence-electron chi connectivity index (χ2n) is 8.51. The molecule has 168 valence electrons. The fourth-order valence-corrected chi connectivity index (χ4v) is 4.50. The number of benzene rings is 5. The summed E-state index contributed by atoms with van der Waals surface area (Å²) in [5.41, 5.74) is 5.69. The van der Waals surface area contributed by atoms with Gasteiger partial charge in [0, 0.05) is 16.5 Å². The van der Waals surface area contributed by atoms with Crippen molar-refractivity contribution in [1.82, 2.24) is 4.98 Å². The molecule has 1 heterocycles. The summed E-state index contributed by atoms with van der Waals surface area (Å²) in [6.45, 7) is 0.186. The quantitative estimate of drug-likeness (QED) is 0.243. The van der Waals surface area contributed by atoms with E-state index < -0.39 is 0 Å². The standard InChI is InChI=1S/C32H22FNO/c33-29-13-7-5-11-25(29)21-35-26-17-14-24(15-18-26)31-20-28(22-8-2-1-3-9-22)32-27-12-6-4-10-23(27)16-19-30(32)34-31/h1-20H,21H2.